The highest BCUT2D eigenvalue weighted by Crippen LogP contribution is 2.32. The molecule has 0 aromatic heterocycles. The second-order valence-electron chi connectivity index (χ2n) is 8.10. The minimum atomic E-state index is -0.892. The number of benzene rings is 2. The molecule has 2 aromatic rings. The van der Waals surface area contributed by atoms with Gasteiger partial charge >= 0.3 is 0 Å². The average molecular weight is 480 g/mol. The van der Waals surface area contributed by atoms with E-state index >= 15 is 0 Å². The predicted octanol–water partition coefficient (Wildman–Crippen LogP) is 2.54. The molecule has 7 nitrogen and oxygen atoms in total. The third kappa shape index (κ3) is 6.57. The van der Waals surface area contributed by atoms with Gasteiger partial charge in [0.05, 0.1) is 23.3 Å². The standard InChI is InChI=1S/C24H31ClFN3O4/c1-27-23(30)18-14-19(25)21(32-2)15-20(18)33-12-11-29-22(24(31)7-9-28-10-8-24)13-16-3-5-17(26)6-4-16/h3-6,14-15,22,28-29,31H,7-13H2,1-2H3,(H,27,30). The monoisotopic (exact) mass is 479 g/mol. The molecule has 9 heteroatoms. The van der Waals surface area contributed by atoms with E-state index in [4.69, 9.17) is 21.1 Å². The Morgan fingerprint density at radius 3 is 2.58 bits per heavy atom. The van der Waals surface area contributed by atoms with Crippen molar-refractivity contribution in [1.29, 1.82) is 0 Å². The number of nitrogens with one attached hydrogen (secondary N) is 3. The van der Waals surface area contributed by atoms with E-state index in [1.54, 1.807) is 18.2 Å². The number of amides is 1. The van der Waals surface area contributed by atoms with Crippen LogP contribution >= 0.6 is 11.6 Å². The molecule has 1 amide bonds. The lowest BCUT2D eigenvalue weighted by Gasteiger charge is -2.40. The second kappa shape index (κ2) is 11.7. The largest absolute Gasteiger partial charge is 0.495 e. The topological polar surface area (TPSA) is 91.9 Å². The summed E-state index contributed by atoms with van der Waals surface area (Å²) in [7, 11) is 3.03. The van der Waals surface area contributed by atoms with E-state index in [2.05, 4.69) is 16.0 Å². The molecular formula is C24H31ClFN3O4. The van der Waals surface area contributed by atoms with E-state index in [1.807, 2.05) is 0 Å². The van der Waals surface area contributed by atoms with Crippen LogP contribution in [0.4, 0.5) is 4.39 Å². The Bertz CT molecular complexity index is 936. The summed E-state index contributed by atoms with van der Waals surface area (Å²) in [6, 6.07) is 9.18. The summed E-state index contributed by atoms with van der Waals surface area (Å²) in [6.45, 7) is 2.14. The fourth-order valence-corrected chi connectivity index (χ4v) is 4.27. The van der Waals surface area contributed by atoms with Crippen LogP contribution in [0.1, 0.15) is 28.8 Å². The van der Waals surface area contributed by atoms with Crippen LogP contribution in [0.5, 0.6) is 11.5 Å². The Kier molecular flexibility index (Phi) is 8.91. The van der Waals surface area contributed by atoms with E-state index < -0.39 is 5.60 Å². The van der Waals surface area contributed by atoms with Crippen molar-refractivity contribution >= 4 is 17.5 Å². The molecule has 2 aromatic carbocycles. The molecule has 0 radical (unpaired) electrons. The van der Waals surface area contributed by atoms with Gasteiger partial charge in [0.25, 0.3) is 5.91 Å². The molecule has 33 heavy (non-hydrogen) atoms. The Hall–Kier alpha value is -2.39. The lowest BCUT2D eigenvalue weighted by molar-refractivity contribution is -0.0252. The molecule has 1 aliphatic heterocycles. The smallest absolute Gasteiger partial charge is 0.254 e. The minimum Gasteiger partial charge on any atom is -0.495 e. The van der Waals surface area contributed by atoms with Gasteiger partial charge in [0.2, 0.25) is 0 Å². The maximum atomic E-state index is 13.3. The molecule has 0 spiro atoms. The van der Waals surface area contributed by atoms with Crippen LogP contribution in [0.25, 0.3) is 0 Å². The highest BCUT2D eigenvalue weighted by atomic mass is 35.5. The first-order valence-corrected chi connectivity index (χ1v) is 11.4. The van der Waals surface area contributed by atoms with Gasteiger partial charge in [-0.2, -0.15) is 0 Å². The Labute approximate surface area is 198 Å². The molecule has 0 bridgehead atoms. The van der Waals surface area contributed by atoms with Crippen LogP contribution < -0.4 is 25.4 Å². The van der Waals surface area contributed by atoms with Gasteiger partial charge in [0, 0.05) is 25.7 Å². The zero-order valence-corrected chi connectivity index (χ0v) is 19.7. The summed E-state index contributed by atoms with van der Waals surface area (Å²) < 4.78 is 24.5. The Balaban J connectivity index is 1.68. The molecule has 4 N–H and O–H groups in total. The van der Waals surface area contributed by atoms with Gasteiger partial charge in [-0.15, -0.1) is 0 Å². The molecule has 3 rings (SSSR count). The summed E-state index contributed by atoms with van der Waals surface area (Å²) in [5.74, 6) is 0.154. The zero-order valence-electron chi connectivity index (χ0n) is 18.9. The molecule has 0 saturated carbocycles. The molecule has 1 unspecified atom stereocenters. The molecule has 180 valence electrons. The van der Waals surface area contributed by atoms with Crippen molar-refractivity contribution in [3.05, 3.63) is 58.4 Å². The van der Waals surface area contributed by atoms with Crippen molar-refractivity contribution < 1.29 is 23.8 Å². The lowest BCUT2D eigenvalue weighted by atomic mass is 9.82. The van der Waals surface area contributed by atoms with Crippen molar-refractivity contribution in [1.82, 2.24) is 16.0 Å². The van der Waals surface area contributed by atoms with E-state index in [1.165, 1.54) is 32.4 Å². The molecular weight excluding hydrogens is 449 g/mol. The first-order chi connectivity index (χ1) is 15.9. The maximum absolute atomic E-state index is 13.3. The molecule has 1 aliphatic rings. The number of methoxy groups -OCH3 is 1. The third-order valence-corrected chi connectivity index (χ3v) is 6.24. The fraction of sp³-hybridized carbons (Fsp3) is 0.458. The summed E-state index contributed by atoms with van der Waals surface area (Å²) in [6.07, 6.45) is 1.78. The summed E-state index contributed by atoms with van der Waals surface area (Å²) in [4.78, 5) is 12.2. The van der Waals surface area contributed by atoms with Crippen molar-refractivity contribution in [2.75, 3.05) is 40.4 Å². The fourth-order valence-electron chi connectivity index (χ4n) is 4.03. The predicted molar refractivity (Wildman–Crippen MR) is 126 cm³/mol. The number of carbonyl (C=O) groups is 1. The SMILES string of the molecule is CNC(=O)c1cc(Cl)c(OC)cc1OCCNC(Cc1ccc(F)cc1)C1(O)CCNCC1. The molecule has 1 atom stereocenters. The highest BCUT2D eigenvalue weighted by Gasteiger charge is 2.37. The Morgan fingerprint density at radius 1 is 1.24 bits per heavy atom. The number of piperidine rings is 1. The number of ether oxygens (including phenoxy) is 2. The van der Waals surface area contributed by atoms with Crippen molar-refractivity contribution in [3.63, 3.8) is 0 Å². The van der Waals surface area contributed by atoms with Crippen LogP contribution in [-0.2, 0) is 6.42 Å². The summed E-state index contributed by atoms with van der Waals surface area (Å²) in [5.41, 5.74) is 0.352. The zero-order chi connectivity index (χ0) is 23.8. The van der Waals surface area contributed by atoms with Gasteiger partial charge in [-0.1, -0.05) is 23.7 Å². The first kappa shape index (κ1) is 25.2. The third-order valence-electron chi connectivity index (χ3n) is 5.95. The van der Waals surface area contributed by atoms with Gasteiger partial charge in [-0.25, -0.2) is 4.39 Å². The maximum Gasteiger partial charge on any atom is 0.254 e. The normalized spacial score (nSPS) is 16.2. The highest BCUT2D eigenvalue weighted by molar-refractivity contribution is 6.32. The molecule has 1 fully saturated rings. The van der Waals surface area contributed by atoms with E-state index in [9.17, 15) is 14.3 Å². The second-order valence-corrected chi connectivity index (χ2v) is 8.51. The average Bonchev–Trinajstić information content (AvgIpc) is 2.82. The minimum absolute atomic E-state index is 0.244. The number of hydrogen-bond donors (Lipinski definition) is 4. The van der Waals surface area contributed by atoms with Gasteiger partial charge in [0.1, 0.15) is 23.9 Å². The quantitative estimate of drug-likeness (QED) is 0.391. The van der Waals surface area contributed by atoms with E-state index in [0.29, 0.717) is 47.9 Å². The van der Waals surface area contributed by atoms with E-state index in [-0.39, 0.29) is 24.4 Å². The van der Waals surface area contributed by atoms with Gasteiger partial charge in [-0.05, 0) is 56.1 Å². The van der Waals surface area contributed by atoms with Crippen LogP contribution in [0.2, 0.25) is 5.02 Å². The van der Waals surface area contributed by atoms with Crippen LogP contribution in [0.3, 0.4) is 0 Å². The van der Waals surface area contributed by atoms with Gasteiger partial charge < -0.3 is 30.5 Å². The van der Waals surface area contributed by atoms with Crippen molar-refractivity contribution in [2.45, 2.75) is 30.9 Å². The number of aliphatic hydroxyl groups is 1. The summed E-state index contributed by atoms with van der Waals surface area (Å²) >= 11 is 6.16. The van der Waals surface area contributed by atoms with Crippen LogP contribution in [-0.4, -0.2) is 63.1 Å². The number of halogens is 2. The van der Waals surface area contributed by atoms with Crippen LogP contribution in [0, 0.1) is 5.82 Å². The Morgan fingerprint density at radius 2 is 1.94 bits per heavy atom. The lowest BCUT2D eigenvalue weighted by Crippen LogP contribution is -2.57. The van der Waals surface area contributed by atoms with Gasteiger partial charge in [-0.3, -0.25) is 4.79 Å². The van der Waals surface area contributed by atoms with E-state index in [0.717, 1.165) is 18.7 Å². The van der Waals surface area contributed by atoms with Gasteiger partial charge in [0.15, 0.2) is 0 Å². The molecule has 1 heterocycles. The van der Waals surface area contributed by atoms with Crippen LogP contribution in [0.15, 0.2) is 36.4 Å². The first-order valence-electron chi connectivity index (χ1n) is 11.0. The molecule has 0 aliphatic carbocycles. The van der Waals surface area contributed by atoms with Crippen molar-refractivity contribution in [3.8, 4) is 11.5 Å². The number of carbonyl (C=O) groups excluding carboxylic acids is 1. The van der Waals surface area contributed by atoms with Crippen molar-refractivity contribution in [2.24, 2.45) is 0 Å². The molecule has 1 saturated heterocycles. The number of hydrogen-bond acceptors (Lipinski definition) is 6. The summed E-state index contributed by atoms with van der Waals surface area (Å²) in [5, 5.41) is 20.9. The number of rotatable bonds is 10.